The van der Waals surface area contributed by atoms with Gasteiger partial charge in [-0.15, -0.1) is 0 Å². The Hall–Kier alpha value is -0.0400. The van der Waals surface area contributed by atoms with Crippen molar-refractivity contribution in [3.05, 3.63) is 0 Å². The van der Waals surface area contributed by atoms with Crippen molar-refractivity contribution in [2.75, 3.05) is 6.54 Å². The molecule has 2 atom stereocenters. The molecule has 3 saturated carbocycles. The third kappa shape index (κ3) is 0.408. The molecule has 0 amide bonds. The van der Waals surface area contributed by atoms with Crippen molar-refractivity contribution >= 4 is 0 Å². The standard InChI is InChI=1S/C7H13N/c8-4-7-5-1-2-6(7)3-5/h5-7H,1-4,8H2. The molecule has 3 aliphatic rings. The first-order valence-corrected chi connectivity index (χ1v) is 3.62. The molecule has 0 saturated heterocycles. The van der Waals surface area contributed by atoms with Crippen molar-refractivity contribution in [1.82, 2.24) is 0 Å². The molecule has 46 valence electrons. The summed E-state index contributed by atoms with van der Waals surface area (Å²) in [5, 5.41) is 0. The highest BCUT2D eigenvalue weighted by atomic mass is 14.6. The van der Waals surface area contributed by atoms with Crippen LogP contribution in [0.1, 0.15) is 19.3 Å². The minimum absolute atomic E-state index is 0.940. The monoisotopic (exact) mass is 111 g/mol. The van der Waals surface area contributed by atoms with Gasteiger partial charge in [0.15, 0.2) is 0 Å². The van der Waals surface area contributed by atoms with E-state index in [1.54, 1.807) is 0 Å². The van der Waals surface area contributed by atoms with Crippen LogP contribution < -0.4 is 5.73 Å². The lowest BCUT2D eigenvalue weighted by molar-refractivity contribution is 0.166. The van der Waals surface area contributed by atoms with Gasteiger partial charge >= 0.3 is 0 Å². The second-order valence-corrected chi connectivity index (χ2v) is 3.23. The lowest BCUT2D eigenvalue weighted by Crippen LogP contribution is -2.34. The molecule has 0 aromatic carbocycles. The van der Waals surface area contributed by atoms with Crippen LogP contribution in [0.3, 0.4) is 0 Å². The van der Waals surface area contributed by atoms with Crippen LogP contribution in [-0.4, -0.2) is 6.54 Å². The molecular weight excluding hydrogens is 98.1 g/mol. The van der Waals surface area contributed by atoms with Gasteiger partial charge in [-0.2, -0.15) is 0 Å². The van der Waals surface area contributed by atoms with E-state index in [1.807, 2.05) is 0 Å². The second-order valence-electron chi connectivity index (χ2n) is 3.23. The highest BCUT2D eigenvalue weighted by Crippen LogP contribution is 2.52. The van der Waals surface area contributed by atoms with Gasteiger partial charge < -0.3 is 5.73 Å². The Bertz CT molecular complexity index is 86.6. The summed E-state index contributed by atoms with van der Waals surface area (Å²) >= 11 is 0. The zero-order valence-electron chi connectivity index (χ0n) is 5.14. The minimum atomic E-state index is 0.940. The summed E-state index contributed by atoms with van der Waals surface area (Å²) in [6.45, 7) is 0.954. The maximum Gasteiger partial charge on any atom is -0.00436 e. The number of hydrogen-bond donors (Lipinski definition) is 1. The van der Waals surface area contributed by atoms with Crippen molar-refractivity contribution in [3.8, 4) is 0 Å². The van der Waals surface area contributed by atoms with E-state index in [1.165, 1.54) is 19.3 Å². The molecule has 3 rings (SSSR count). The molecule has 2 bridgehead atoms. The maximum atomic E-state index is 5.55. The van der Waals surface area contributed by atoms with Crippen molar-refractivity contribution in [1.29, 1.82) is 0 Å². The van der Waals surface area contributed by atoms with E-state index in [9.17, 15) is 0 Å². The summed E-state index contributed by atoms with van der Waals surface area (Å²) < 4.78 is 0. The Morgan fingerprint density at radius 1 is 1.25 bits per heavy atom. The zero-order valence-corrected chi connectivity index (χ0v) is 5.14. The first kappa shape index (κ1) is 4.80. The maximum absolute atomic E-state index is 5.55. The van der Waals surface area contributed by atoms with Crippen LogP contribution in [-0.2, 0) is 0 Å². The zero-order chi connectivity index (χ0) is 5.56. The quantitative estimate of drug-likeness (QED) is 0.536. The van der Waals surface area contributed by atoms with Gasteiger partial charge in [0.1, 0.15) is 0 Å². The lowest BCUT2D eigenvalue weighted by Gasteiger charge is -2.34. The van der Waals surface area contributed by atoms with Gasteiger partial charge in [0.05, 0.1) is 0 Å². The van der Waals surface area contributed by atoms with Gasteiger partial charge in [-0.05, 0) is 43.6 Å². The lowest BCUT2D eigenvalue weighted by atomic mass is 9.72. The van der Waals surface area contributed by atoms with Crippen molar-refractivity contribution in [2.45, 2.75) is 19.3 Å². The van der Waals surface area contributed by atoms with Crippen LogP contribution in [0.4, 0.5) is 0 Å². The molecule has 2 unspecified atom stereocenters. The van der Waals surface area contributed by atoms with Crippen LogP contribution in [0, 0.1) is 17.8 Å². The SMILES string of the molecule is NCC1C2CCC1C2. The summed E-state index contributed by atoms with van der Waals surface area (Å²) in [5.41, 5.74) is 5.55. The first-order chi connectivity index (χ1) is 3.92. The number of nitrogens with two attached hydrogens (primary N) is 1. The molecule has 8 heavy (non-hydrogen) atoms. The molecule has 0 spiro atoms. The van der Waals surface area contributed by atoms with E-state index >= 15 is 0 Å². The van der Waals surface area contributed by atoms with Crippen LogP contribution >= 0.6 is 0 Å². The fraction of sp³-hybridized carbons (Fsp3) is 1.00. The van der Waals surface area contributed by atoms with E-state index < -0.39 is 0 Å². The summed E-state index contributed by atoms with van der Waals surface area (Å²) in [4.78, 5) is 0. The molecule has 0 aliphatic heterocycles. The Balaban J connectivity index is 2.02. The third-order valence-electron chi connectivity index (χ3n) is 3.00. The summed E-state index contributed by atoms with van der Waals surface area (Å²) in [5.74, 6) is 3.03. The third-order valence-corrected chi connectivity index (χ3v) is 3.00. The fourth-order valence-electron chi connectivity index (χ4n) is 2.40. The molecule has 0 aromatic rings. The topological polar surface area (TPSA) is 26.0 Å². The van der Waals surface area contributed by atoms with Crippen molar-refractivity contribution in [2.24, 2.45) is 23.5 Å². The highest BCUT2D eigenvalue weighted by molar-refractivity contribution is 4.96. The van der Waals surface area contributed by atoms with Gasteiger partial charge in [-0.3, -0.25) is 0 Å². The summed E-state index contributed by atoms with van der Waals surface area (Å²) in [7, 11) is 0. The molecule has 0 radical (unpaired) electrons. The largest absolute Gasteiger partial charge is 0.330 e. The average Bonchev–Trinajstić information content (AvgIpc) is 2.19. The molecule has 1 heteroatoms. The number of fused-ring (bicyclic) bond motifs is 1. The van der Waals surface area contributed by atoms with Gasteiger partial charge in [0.2, 0.25) is 0 Å². The number of rotatable bonds is 1. The smallest absolute Gasteiger partial charge is 0.00436 e. The number of hydrogen-bond acceptors (Lipinski definition) is 1. The van der Waals surface area contributed by atoms with E-state index in [0.717, 1.165) is 24.3 Å². The minimum Gasteiger partial charge on any atom is -0.330 e. The van der Waals surface area contributed by atoms with Crippen molar-refractivity contribution < 1.29 is 0 Å². The highest BCUT2D eigenvalue weighted by Gasteiger charge is 2.45. The Morgan fingerprint density at radius 2 is 1.88 bits per heavy atom. The van der Waals surface area contributed by atoms with E-state index in [0.29, 0.717) is 0 Å². The Kier molecular flexibility index (Phi) is 0.884. The summed E-state index contributed by atoms with van der Waals surface area (Å²) in [6.07, 6.45) is 4.46. The predicted octanol–water partition coefficient (Wildman–Crippen LogP) is 0.991. The molecule has 0 aromatic heterocycles. The van der Waals surface area contributed by atoms with Gasteiger partial charge in [0, 0.05) is 0 Å². The Labute approximate surface area is 50.3 Å². The average molecular weight is 111 g/mol. The fourth-order valence-corrected chi connectivity index (χ4v) is 2.40. The molecule has 0 heterocycles. The van der Waals surface area contributed by atoms with Crippen LogP contribution in [0.2, 0.25) is 0 Å². The molecule has 3 aliphatic carbocycles. The summed E-state index contributed by atoms with van der Waals surface area (Å²) in [6, 6.07) is 0. The normalized spacial score (nSPS) is 51.4. The predicted molar refractivity (Wildman–Crippen MR) is 33.4 cm³/mol. The van der Waals surface area contributed by atoms with Crippen LogP contribution in [0.15, 0.2) is 0 Å². The van der Waals surface area contributed by atoms with Gasteiger partial charge in [0.25, 0.3) is 0 Å². The molecule has 2 N–H and O–H groups in total. The van der Waals surface area contributed by atoms with Crippen molar-refractivity contribution in [3.63, 3.8) is 0 Å². The second kappa shape index (κ2) is 1.47. The van der Waals surface area contributed by atoms with Gasteiger partial charge in [-0.1, -0.05) is 0 Å². The van der Waals surface area contributed by atoms with E-state index in [-0.39, 0.29) is 0 Å². The van der Waals surface area contributed by atoms with Crippen LogP contribution in [0.25, 0.3) is 0 Å². The first-order valence-electron chi connectivity index (χ1n) is 3.62. The molecular formula is C7H13N. The van der Waals surface area contributed by atoms with E-state index in [2.05, 4.69) is 0 Å². The Morgan fingerprint density at radius 3 is 2.12 bits per heavy atom. The van der Waals surface area contributed by atoms with Gasteiger partial charge in [-0.25, -0.2) is 0 Å². The molecule has 3 fully saturated rings. The molecule has 1 nitrogen and oxygen atoms in total. The van der Waals surface area contributed by atoms with E-state index in [4.69, 9.17) is 5.73 Å². The van der Waals surface area contributed by atoms with Crippen LogP contribution in [0.5, 0.6) is 0 Å².